The van der Waals surface area contributed by atoms with E-state index in [1.54, 1.807) is 0 Å². The van der Waals surface area contributed by atoms with Crippen LogP contribution in [0.2, 0.25) is 0 Å². The van der Waals surface area contributed by atoms with Gasteiger partial charge in [0.15, 0.2) is 0 Å². The quantitative estimate of drug-likeness (QED) is 0.450. The van der Waals surface area contributed by atoms with Gasteiger partial charge in [0.05, 0.1) is 19.1 Å². The molecule has 180 valence electrons. The number of ether oxygens (including phenoxy) is 1. The van der Waals surface area contributed by atoms with Gasteiger partial charge >= 0.3 is 0 Å². The van der Waals surface area contributed by atoms with Crippen LogP contribution in [0, 0.1) is 12.8 Å². The highest BCUT2D eigenvalue weighted by molar-refractivity contribution is 5.78. The van der Waals surface area contributed by atoms with Crippen molar-refractivity contribution >= 4 is 5.91 Å². The third kappa shape index (κ3) is 6.44. The number of hydrogen-bond acceptors (Lipinski definition) is 6. The van der Waals surface area contributed by atoms with Crippen molar-refractivity contribution in [3.05, 3.63) is 65.5 Å². The molecule has 4 rings (SSSR count). The Morgan fingerprint density at radius 3 is 2.85 bits per heavy atom. The molecule has 2 heterocycles. The zero-order valence-corrected chi connectivity index (χ0v) is 20.1. The zero-order valence-electron chi connectivity index (χ0n) is 20.1. The van der Waals surface area contributed by atoms with Crippen LogP contribution in [0.15, 0.2) is 53.1 Å². The number of nitrogens with one attached hydrogen (secondary N) is 1. The molecule has 7 nitrogen and oxygen atoms in total. The highest BCUT2D eigenvalue weighted by atomic mass is 16.5. The summed E-state index contributed by atoms with van der Waals surface area (Å²) in [6.45, 7) is 7.57. The van der Waals surface area contributed by atoms with Gasteiger partial charge in [-0.15, -0.1) is 0 Å². The Bertz CT molecular complexity index is 1060. The molecule has 1 N–H and O–H groups in total. The number of para-hydroxylation sites is 1. The van der Waals surface area contributed by atoms with Crippen LogP contribution >= 0.6 is 0 Å². The van der Waals surface area contributed by atoms with E-state index in [1.807, 2.05) is 49.4 Å². The molecule has 0 saturated carbocycles. The lowest BCUT2D eigenvalue weighted by molar-refractivity contribution is -0.126. The number of aromatic nitrogens is 2. The first-order valence-corrected chi connectivity index (χ1v) is 12.2. The van der Waals surface area contributed by atoms with Crippen molar-refractivity contribution in [1.29, 1.82) is 0 Å². The first kappa shape index (κ1) is 24.0. The van der Waals surface area contributed by atoms with Crippen LogP contribution < -0.4 is 10.1 Å². The van der Waals surface area contributed by atoms with Gasteiger partial charge in [0.1, 0.15) is 5.75 Å². The Morgan fingerprint density at radius 2 is 2.03 bits per heavy atom. The van der Waals surface area contributed by atoms with Crippen molar-refractivity contribution < 1.29 is 14.1 Å². The van der Waals surface area contributed by atoms with Gasteiger partial charge < -0.3 is 14.6 Å². The summed E-state index contributed by atoms with van der Waals surface area (Å²) in [7, 11) is 0. The number of nitrogens with zero attached hydrogens (tertiary/aromatic N) is 3. The van der Waals surface area contributed by atoms with Gasteiger partial charge in [-0.2, -0.15) is 4.98 Å². The number of likely N-dealkylation sites (tertiary alicyclic amines) is 1. The standard InChI is InChI=1S/C27H34N4O3/c1-3-33-24-11-5-4-8-21(24)9-6-16-28-27(32)23-10-7-17-31(18-23)19-25-29-26(30-34-25)22-14-12-20(2)13-15-22/h4-5,8,11-15,23H,3,6-7,9-10,16-19H2,1-2H3,(H,28,32). The monoisotopic (exact) mass is 462 g/mol. The van der Waals surface area contributed by atoms with Gasteiger partial charge in [-0.25, -0.2) is 0 Å². The van der Waals surface area contributed by atoms with Gasteiger partial charge in [-0.05, 0) is 57.7 Å². The SMILES string of the molecule is CCOc1ccccc1CCCNC(=O)C1CCCN(Cc2nc(-c3ccc(C)cc3)no2)C1. The van der Waals surface area contributed by atoms with Crippen LogP contribution in [-0.4, -0.2) is 47.2 Å². The van der Waals surface area contributed by atoms with Crippen LogP contribution in [-0.2, 0) is 17.8 Å². The summed E-state index contributed by atoms with van der Waals surface area (Å²) >= 11 is 0. The smallest absolute Gasteiger partial charge is 0.241 e. The fraction of sp³-hybridized carbons (Fsp3) is 0.444. The molecule has 1 unspecified atom stereocenters. The molecule has 1 amide bonds. The van der Waals surface area contributed by atoms with Crippen molar-refractivity contribution in [1.82, 2.24) is 20.4 Å². The summed E-state index contributed by atoms with van der Waals surface area (Å²) in [5, 5.41) is 7.26. The van der Waals surface area contributed by atoms with E-state index in [-0.39, 0.29) is 11.8 Å². The number of piperidine rings is 1. The minimum Gasteiger partial charge on any atom is -0.494 e. The average molecular weight is 463 g/mol. The fourth-order valence-electron chi connectivity index (χ4n) is 4.38. The lowest BCUT2D eigenvalue weighted by atomic mass is 9.97. The zero-order chi connectivity index (χ0) is 23.8. The van der Waals surface area contributed by atoms with Crippen molar-refractivity contribution in [2.75, 3.05) is 26.2 Å². The van der Waals surface area contributed by atoms with Crippen LogP contribution in [0.1, 0.15) is 43.2 Å². The van der Waals surface area contributed by atoms with E-state index in [9.17, 15) is 4.79 Å². The third-order valence-corrected chi connectivity index (χ3v) is 6.21. The number of carbonyl (C=O) groups is 1. The van der Waals surface area contributed by atoms with Crippen LogP contribution in [0.3, 0.4) is 0 Å². The second-order valence-corrected chi connectivity index (χ2v) is 8.89. The van der Waals surface area contributed by atoms with Crippen molar-refractivity contribution in [3.63, 3.8) is 0 Å². The molecule has 0 aliphatic carbocycles. The molecule has 1 aromatic heterocycles. The number of aryl methyl sites for hydroxylation is 2. The molecule has 34 heavy (non-hydrogen) atoms. The predicted octanol–water partition coefficient (Wildman–Crippen LogP) is 4.40. The maximum atomic E-state index is 12.8. The molecule has 1 fully saturated rings. The molecule has 1 aliphatic rings. The van der Waals surface area contributed by atoms with Crippen molar-refractivity contribution in [2.24, 2.45) is 5.92 Å². The van der Waals surface area contributed by atoms with E-state index in [0.29, 0.717) is 38.0 Å². The van der Waals surface area contributed by atoms with Gasteiger partial charge in [0, 0.05) is 18.7 Å². The maximum Gasteiger partial charge on any atom is 0.241 e. The first-order valence-electron chi connectivity index (χ1n) is 12.2. The molecule has 1 aliphatic heterocycles. The van der Waals surface area contributed by atoms with E-state index in [0.717, 1.165) is 43.5 Å². The maximum absolute atomic E-state index is 12.8. The second kappa shape index (κ2) is 11.8. The molecule has 1 atom stereocenters. The van der Waals surface area contributed by atoms with E-state index in [2.05, 4.69) is 33.3 Å². The van der Waals surface area contributed by atoms with E-state index in [1.165, 1.54) is 11.1 Å². The lowest BCUT2D eigenvalue weighted by Crippen LogP contribution is -2.43. The van der Waals surface area contributed by atoms with Crippen molar-refractivity contribution in [3.8, 4) is 17.1 Å². The molecule has 1 saturated heterocycles. The minimum atomic E-state index is -0.0102. The average Bonchev–Trinajstić information content (AvgIpc) is 3.32. The number of benzene rings is 2. The largest absolute Gasteiger partial charge is 0.494 e. The molecule has 7 heteroatoms. The Morgan fingerprint density at radius 1 is 1.21 bits per heavy atom. The summed E-state index contributed by atoms with van der Waals surface area (Å²) in [5.74, 6) is 2.25. The molecule has 0 radical (unpaired) electrons. The highest BCUT2D eigenvalue weighted by Gasteiger charge is 2.26. The third-order valence-electron chi connectivity index (χ3n) is 6.21. The summed E-state index contributed by atoms with van der Waals surface area (Å²) in [6, 6.07) is 16.2. The van der Waals surface area contributed by atoms with E-state index >= 15 is 0 Å². The number of rotatable bonds is 10. The first-order chi connectivity index (χ1) is 16.6. The fourth-order valence-corrected chi connectivity index (χ4v) is 4.38. The topological polar surface area (TPSA) is 80.5 Å². The summed E-state index contributed by atoms with van der Waals surface area (Å²) in [4.78, 5) is 19.6. The van der Waals surface area contributed by atoms with Gasteiger partial charge in [-0.1, -0.05) is 53.2 Å². The molecular weight excluding hydrogens is 428 g/mol. The molecule has 0 spiro atoms. The van der Waals surface area contributed by atoms with Crippen LogP contribution in [0.25, 0.3) is 11.4 Å². The van der Waals surface area contributed by atoms with Gasteiger partial charge in [0.25, 0.3) is 0 Å². The second-order valence-electron chi connectivity index (χ2n) is 8.89. The summed E-state index contributed by atoms with van der Waals surface area (Å²) < 4.78 is 11.2. The van der Waals surface area contributed by atoms with E-state index < -0.39 is 0 Å². The van der Waals surface area contributed by atoms with Crippen LogP contribution in [0.4, 0.5) is 0 Å². The van der Waals surface area contributed by atoms with Crippen LogP contribution in [0.5, 0.6) is 5.75 Å². The van der Waals surface area contributed by atoms with E-state index in [4.69, 9.17) is 9.26 Å². The Balaban J connectivity index is 1.23. The summed E-state index contributed by atoms with van der Waals surface area (Å²) in [6.07, 6.45) is 3.66. The number of amides is 1. The minimum absolute atomic E-state index is 0.0102. The normalized spacial score (nSPS) is 16.4. The van der Waals surface area contributed by atoms with Gasteiger partial charge in [0.2, 0.25) is 17.6 Å². The number of carbonyl (C=O) groups excluding carboxylic acids is 1. The Kier molecular flexibility index (Phi) is 8.31. The Labute approximate surface area is 201 Å². The Hall–Kier alpha value is -3.19. The highest BCUT2D eigenvalue weighted by Crippen LogP contribution is 2.22. The number of hydrogen-bond donors (Lipinski definition) is 1. The van der Waals surface area contributed by atoms with Gasteiger partial charge in [-0.3, -0.25) is 9.69 Å². The summed E-state index contributed by atoms with van der Waals surface area (Å²) in [5.41, 5.74) is 3.33. The predicted molar refractivity (Wildman–Crippen MR) is 131 cm³/mol. The molecule has 3 aromatic rings. The molecule has 0 bridgehead atoms. The molecular formula is C27H34N4O3. The molecule has 2 aromatic carbocycles. The van der Waals surface area contributed by atoms with Crippen molar-refractivity contribution in [2.45, 2.75) is 46.1 Å². The lowest BCUT2D eigenvalue weighted by Gasteiger charge is -2.30.